The number of nitrogens with zero attached hydrogens (tertiary/aromatic N) is 2. The topological polar surface area (TPSA) is 52.7 Å². The lowest BCUT2D eigenvalue weighted by Crippen LogP contribution is -2.58. The van der Waals surface area contributed by atoms with Gasteiger partial charge in [0.15, 0.2) is 0 Å². The number of piperazine rings is 1. The average Bonchev–Trinajstić information content (AvgIpc) is 2.60. The molecule has 25 heavy (non-hydrogen) atoms. The maximum absolute atomic E-state index is 12.8. The summed E-state index contributed by atoms with van der Waals surface area (Å²) in [6, 6.07) is 14.7. The molecule has 1 unspecified atom stereocenters. The van der Waals surface area contributed by atoms with Crippen molar-refractivity contribution in [1.82, 2.24) is 4.90 Å². The molecule has 1 N–H and O–H groups in total. The van der Waals surface area contributed by atoms with Crippen LogP contribution in [-0.4, -0.2) is 36.0 Å². The lowest BCUT2D eigenvalue weighted by atomic mass is 10.1. The number of rotatable bonds is 2. The Morgan fingerprint density at radius 3 is 2.40 bits per heavy atom. The molecule has 2 aromatic rings. The fraction of sp³-hybridized carbons (Fsp3) is 0.300. The zero-order chi connectivity index (χ0) is 18.0. The van der Waals surface area contributed by atoms with Gasteiger partial charge in [0.05, 0.1) is 0 Å². The van der Waals surface area contributed by atoms with E-state index in [9.17, 15) is 9.59 Å². The van der Waals surface area contributed by atoms with Gasteiger partial charge in [-0.3, -0.25) is 4.79 Å². The predicted octanol–water partition coefficient (Wildman–Crippen LogP) is 3.57. The molecule has 0 bridgehead atoms. The number of carbonyl (C=O) groups is 2. The zero-order valence-corrected chi connectivity index (χ0v) is 14.8. The van der Waals surface area contributed by atoms with E-state index in [0.29, 0.717) is 13.1 Å². The van der Waals surface area contributed by atoms with Gasteiger partial charge in [0.2, 0.25) is 5.91 Å². The lowest BCUT2D eigenvalue weighted by molar-refractivity contribution is -0.123. The van der Waals surface area contributed by atoms with Crippen LogP contribution in [0.15, 0.2) is 48.5 Å². The van der Waals surface area contributed by atoms with Crippen LogP contribution in [0.1, 0.15) is 18.1 Å². The predicted molar refractivity (Wildman–Crippen MR) is 99.9 cm³/mol. The van der Waals surface area contributed by atoms with E-state index in [2.05, 4.69) is 5.32 Å². The number of carbonyl (C=O) groups excluding carboxylic acids is 2. The van der Waals surface area contributed by atoms with Crippen molar-refractivity contribution in [2.75, 3.05) is 23.3 Å². The maximum atomic E-state index is 12.8. The number of para-hydroxylation sites is 1. The van der Waals surface area contributed by atoms with Gasteiger partial charge in [-0.1, -0.05) is 35.9 Å². The van der Waals surface area contributed by atoms with Crippen LogP contribution >= 0.6 is 0 Å². The first kappa shape index (κ1) is 17.0. The summed E-state index contributed by atoms with van der Waals surface area (Å²) in [7, 11) is 0. The normalized spacial score (nSPS) is 17.6. The van der Waals surface area contributed by atoms with Crippen molar-refractivity contribution in [3.05, 3.63) is 59.7 Å². The first-order valence-corrected chi connectivity index (χ1v) is 8.48. The SMILES string of the molecule is Cc1ccc(NC(=O)N2CCN(c3ccccc3C)C(=O)C2C)cc1. The Morgan fingerprint density at radius 2 is 1.72 bits per heavy atom. The summed E-state index contributed by atoms with van der Waals surface area (Å²) in [6.07, 6.45) is 0. The van der Waals surface area contributed by atoms with Crippen LogP contribution in [0, 0.1) is 13.8 Å². The highest BCUT2D eigenvalue weighted by Crippen LogP contribution is 2.24. The molecule has 0 aliphatic carbocycles. The van der Waals surface area contributed by atoms with Crippen LogP contribution in [0.3, 0.4) is 0 Å². The molecule has 1 atom stereocenters. The van der Waals surface area contributed by atoms with E-state index in [1.165, 1.54) is 0 Å². The molecule has 0 aromatic heterocycles. The molecule has 0 saturated carbocycles. The van der Waals surface area contributed by atoms with E-state index in [4.69, 9.17) is 0 Å². The molecule has 130 valence electrons. The third-order valence-electron chi connectivity index (χ3n) is 4.63. The highest BCUT2D eigenvalue weighted by atomic mass is 16.2. The van der Waals surface area contributed by atoms with Crippen molar-refractivity contribution in [1.29, 1.82) is 0 Å². The Bertz CT molecular complexity index is 786. The first-order valence-electron chi connectivity index (χ1n) is 8.48. The molecule has 3 amide bonds. The molecule has 1 saturated heterocycles. The Hall–Kier alpha value is -2.82. The van der Waals surface area contributed by atoms with E-state index in [-0.39, 0.29) is 11.9 Å². The fourth-order valence-corrected chi connectivity index (χ4v) is 3.09. The summed E-state index contributed by atoms with van der Waals surface area (Å²) in [4.78, 5) is 28.7. The number of nitrogens with one attached hydrogen (secondary N) is 1. The number of aryl methyl sites for hydroxylation is 2. The van der Waals surface area contributed by atoms with Gasteiger partial charge in [-0.05, 0) is 44.5 Å². The van der Waals surface area contributed by atoms with Gasteiger partial charge in [0.1, 0.15) is 6.04 Å². The Morgan fingerprint density at radius 1 is 1.04 bits per heavy atom. The molecule has 1 aliphatic heterocycles. The van der Waals surface area contributed by atoms with Gasteiger partial charge in [-0.15, -0.1) is 0 Å². The Balaban J connectivity index is 1.72. The molecule has 5 nitrogen and oxygen atoms in total. The van der Waals surface area contributed by atoms with Crippen LogP contribution in [-0.2, 0) is 4.79 Å². The molecule has 1 aliphatic rings. The average molecular weight is 337 g/mol. The number of amides is 3. The minimum Gasteiger partial charge on any atom is -0.311 e. The summed E-state index contributed by atoms with van der Waals surface area (Å²) in [5, 5.41) is 2.87. The summed E-state index contributed by atoms with van der Waals surface area (Å²) < 4.78 is 0. The van der Waals surface area contributed by atoms with Gasteiger partial charge in [0.25, 0.3) is 0 Å². The van der Waals surface area contributed by atoms with Gasteiger partial charge in [0, 0.05) is 24.5 Å². The molecule has 1 fully saturated rings. The Labute approximate surface area is 148 Å². The van der Waals surface area contributed by atoms with E-state index in [1.54, 1.807) is 16.7 Å². The van der Waals surface area contributed by atoms with Gasteiger partial charge in [-0.2, -0.15) is 0 Å². The third kappa shape index (κ3) is 3.50. The fourth-order valence-electron chi connectivity index (χ4n) is 3.09. The molecule has 1 heterocycles. The minimum absolute atomic E-state index is 0.0559. The third-order valence-corrected chi connectivity index (χ3v) is 4.63. The van der Waals surface area contributed by atoms with Crippen LogP contribution in [0.5, 0.6) is 0 Å². The first-order chi connectivity index (χ1) is 12.0. The highest BCUT2D eigenvalue weighted by molar-refractivity contribution is 6.02. The van der Waals surface area contributed by atoms with E-state index in [0.717, 1.165) is 22.5 Å². The molecule has 3 rings (SSSR count). The lowest BCUT2D eigenvalue weighted by Gasteiger charge is -2.39. The van der Waals surface area contributed by atoms with E-state index in [1.807, 2.05) is 62.4 Å². The monoisotopic (exact) mass is 337 g/mol. The molecule has 0 radical (unpaired) electrons. The number of anilines is 2. The number of hydrogen-bond donors (Lipinski definition) is 1. The van der Waals surface area contributed by atoms with Crippen LogP contribution in [0.25, 0.3) is 0 Å². The molecular formula is C20H23N3O2. The van der Waals surface area contributed by atoms with Crippen LogP contribution in [0.2, 0.25) is 0 Å². The van der Waals surface area contributed by atoms with E-state index >= 15 is 0 Å². The van der Waals surface area contributed by atoms with Crippen LogP contribution < -0.4 is 10.2 Å². The molecule has 0 spiro atoms. The van der Waals surface area contributed by atoms with E-state index < -0.39 is 6.04 Å². The summed E-state index contributed by atoms with van der Waals surface area (Å²) >= 11 is 0. The highest BCUT2D eigenvalue weighted by Gasteiger charge is 2.35. The number of urea groups is 1. The smallest absolute Gasteiger partial charge is 0.311 e. The van der Waals surface area contributed by atoms with Gasteiger partial charge >= 0.3 is 6.03 Å². The summed E-state index contributed by atoms with van der Waals surface area (Å²) in [6.45, 7) is 6.76. The largest absolute Gasteiger partial charge is 0.322 e. The number of hydrogen-bond acceptors (Lipinski definition) is 2. The second-order valence-electron chi connectivity index (χ2n) is 6.44. The van der Waals surface area contributed by atoms with Crippen molar-refractivity contribution in [3.8, 4) is 0 Å². The Kier molecular flexibility index (Phi) is 4.74. The molecular weight excluding hydrogens is 314 g/mol. The van der Waals surface area contributed by atoms with Crippen LogP contribution in [0.4, 0.5) is 16.2 Å². The van der Waals surface area contributed by atoms with Crippen molar-refractivity contribution in [3.63, 3.8) is 0 Å². The second-order valence-corrected chi connectivity index (χ2v) is 6.44. The van der Waals surface area contributed by atoms with Gasteiger partial charge < -0.3 is 15.1 Å². The minimum atomic E-state index is -0.501. The molecule has 2 aromatic carbocycles. The molecule has 5 heteroatoms. The number of benzene rings is 2. The quantitative estimate of drug-likeness (QED) is 0.911. The summed E-state index contributed by atoms with van der Waals surface area (Å²) in [5.74, 6) is -0.0559. The van der Waals surface area contributed by atoms with Crippen molar-refractivity contribution >= 4 is 23.3 Å². The maximum Gasteiger partial charge on any atom is 0.322 e. The standard InChI is InChI=1S/C20H23N3O2/c1-14-8-10-17(11-9-14)21-20(25)22-12-13-23(19(24)16(22)3)18-7-5-4-6-15(18)2/h4-11,16H,12-13H2,1-3H3,(H,21,25). The van der Waals surface area contributed by atoms with Gasteiger partial charge in [-0.25, -0.2) is 4.79 Å². The zero-order valence-electron chi connectivity index (χ0n) is 14.8. The van der Waals surface area contributed by atoms with Crippen molar-refractivity contribution in [2.45, 2.75) is 26.8 Å². The summed E-state index contributed by atoms with van der Waals surface area (Å²) in [5.41, 5.74) is 3.84. The van der Waals surface area contributed by atoms with Crippen molar-refractivity contribution in [2.24, 2.45) is 0 Å². The second kappa shape index (κ2) is 6.97. The van der Waals surface area contributed by atoms with Crippen molar-refractivity contribution < 1.29 is 9.59 Å².